The third-order valence-electron chi connectivity index (χ3n) is 0.744. The quantitative estimate of drug-likeness (QED) is 0.593. The maximum Gasteiger partial charge on any atom is 0.139 e. The third kappa shape index (κ3) is 1.02. The average molecular weight is 129 g/mol. The Labute approximate surface area is 51.7 Å². The molecule has 1 aromatic heterocycles. The molecule has 0 saturated heterocycles. The highest BCUT2D eigenvalue weighted by atomic mass is 32.1. The maximum atomic E-state index is 5.27. The van der Waals surface area contributed by atoms with Gasteiger partial charge in [-0.25, -0.2) is 4.98 Å². The lowest BCUT2D eigenvalue weighted by molar-refractivity contribution is 1.01. The van der Waals surface area contributed by atoms with E-state index < -0.39 is 0 Å². The normalized spacial score (nSPS) is 9.75. The Hall–Kier alpha value is -0.480. The maximum absolute atomic E-state index is 5.27. The number of aromatic nitrogens is 2. The summed E-state index contributed by atoms with van der Waals surface area (Å²) in [7, 11) is 0. The zero-order valence-electron chi connectivity index (χ0n) is 4.59. The monoisotopic (exact) mass is 129 g/mol. The molecule has 0 aromatic carbocycles. The topological polar surface area (TPSA) is 51.8 Å². The number of rotatable bonds is 1. The molecular weight excluding hydrogens is 122 g/mol. The molecule has 3 nitrogen and oxygen atoms in total. The summed E-state index contributed by atoms with van der Waals surface area (Å²) in [6.45, 7) is 2.36. The zero-order valence-corrected chi connectivity index (χ0v) is 5.40. The highest BCUT2D eigenvalue weighted by Crippen LogP contribution is 2.00. The van der Waals surface area contributed by atoms with Crippen LogP contribution in [-0.2, 0) is 6.54 Å². The van der Waals surface area contributed by atoms with Crippen LogP contribution in [0, 0.1) is 6.92 Å². The van der Waals surface area contributed by atoms with Gasteiger partial charge in [-0.15, -0.1) is 0 Å². The lowest BCUT2D eigenvalue weighted by Crippen LogP contribution is -1.94. The van der Waals surface area contributed by atoms with Crippen molar-refractivity contribution in [1.82, 2.24) is 9.36 Å². The van der Waals surface area contributed by atoms with Gasteiger partial charge in [0, 0.05) is 6.54 Å². The van der Waals surface area contributed by atoms with E-state index in [-0.39, 0.29) is 0 Å². The van der Waals surface area contributed by atoms with Crippen molar-refractivity contribution in [2.45, 2.75) is 13.5 Å². The molecule has 4 heteroatoms. The van der Waals surface area contributed by atoms with Gasteiger partial charge in [0.05, 0.1) is 0 Å². The van der Waals surface area contributed by atoms with E-state index in [1.807, 2.05) is 6.92 Å². The molecule has 2 N–H and O–H groups in total. The van der Waals surface area contributed by atoms with Gasteiger partial charge in [0.15, 0.2) is 0 Å². The Morgan fingerprint density at radius 1 is 1.75 bits per heavy atom. The molecule has 0 amide bonds. The van der Waals surface area contributed by atoms with Crippen LogP contribution in [0.2, 0.25) is 0 Å². The van der Waals surface area contributed by atoms with Crippen molar-refractivity contribution in [2.75, 3.05) is 0 Å². The molecule has 1 heterocycles. The van der Waals surface area contributed by atoms with Gasteiger partial charge >= 0.3 is 0 Å². The van der Waals surface area contributed by atoms with Crippen LogP contribution in [0.25, 0.3) is 0 Å². The summed E-state index contributed by atoms with van der Waals surface area (Å²) in [5.41, 5.74) is 5.27. The van der Waals surface area contributed by atoms with E-state index in [2.05, 4.69) is 9.36 Å². The van der Waals surface area contributed by atoms with Gasteiger partial charge in [-0.3, -0.25) is 0 Å². The van der Waals surface area contributed by atoms with Crippen molar-refractivity contribution >= 4 is 11.5 Å². The molecule has 0 bridgehead atoms. The summed E-state index contributed by atoms with van der Waals surface area (Å²) in [6.07, 6.45) is 0. The van der Waals surface area contributed by atoms with Crippen LogP contribution in [0.1, 0.15) is 10.8 Å². The predicted octanol–water partition coefficient (Wildman–Crippen LogP) is 0.305. The Balaban J connectivity index is 2.84. The molecule has 1 aromatic rings. The minimum Gasteiger partial charge on any atom is -0.324 e. The van der Waals surface area contributed by atoms with Crippen molar-refractivity contribution in [3.8, 4) is 0 Å². The van der Waals surface area contributed by atoms with Gasteiger partial charge in [0.2, 0.25) is 0 Å². The summed E-state index contributed by atoms with van der Waals surface area (Å²) in [4.78, 5) is 4.01. The highest BCUT2D eigenvalue weighted by Gasteiger charge is 1.93. The van der Waals surface area contributed by atoms with Crippen molar-refractivity contribution in [3.63, 3.8) is 0 Å². The first kappa shape index (κ1) is 5.65. The summed E-state index contributed by atoms with van der Waals surface area (Å²) >= 11 is 1.36. The molecule has 44 valence electrons. The van der Waals surface area contributed by atoms with E-state index in [1.54, 1.807) is 0 Å². The van der Waals surface area contributed by atoms with E-state index in [0.29, 0.717) is 6.54 Å². The Kier molecular flexibility index (Phi) is 1.55. The molecule has 1 rings (SSSR count). The standard InChI is InChI=1S/C4H7N3S/c1-3-6-4(2-5)8-7-3/h2,5H2,1H3. The first-order valence-corrected chi connectivity index (χ1v) is 3.09. The molecule has 8 heavy (non-hydrogen) atoms. The van der Waals surface area contributed by atoms with E-state index >= 15 is 0 Å². The molecule has 0 unspecified atom stereocenters. The lowest BCUT2D eigenvalue weighted by atomic mass is 10.7. The van der Waals surface area contributed by atoms with Crippen LogP contribution in [0.3, 0.4) is 0 Å². The fourth-order valence-corrected chi connectivity index (χ4v) is 0.949. The number of hydrogen-bond donors (Lipinski definition) is 1. The van der Waals surface area contributed by atoms with Gasteiger partial charge in [-0.1, -0.05) is 0 Å². The number of nitrogens with two attached hydrogens (primary N) is 1. The Morgan fingerprint density at radius 3 is 2.75 bits per heavy atom. The smallest absolute Gasteiger partial charge is 0.139 e. The first-order valence-electron chi connectivity index (χ1n) is 2.32. The second-order valence-electron chi connectivity index (χ2n) is 1.44. The molecule has 0 aliphatic carbocycles. The molecule has 0 saturated carbocycles. The van der Waals surface area contributed by atoms with Crippen LogP contribution >= 0.6 is 11.5 Å². The SMILES string of the molecule is Cc1nsc(CN)n1. The Bertz CT molecular complexity index is 172. The zero-order chi connectivity index (χ0) is 5.98. The molecule has 0 aliphatic rings. The molecule has 0 aliphatic heterocycles. The average Bonchev–Trinajstić information content (AvgIpc) is 2.14. The summed E-state index contributed by atoms with van der Waals surface area (Å²) in [5, 5.41) is 0.905. The van der Waals surface area contributed by atoms with Crippen molar-refractivity contribution in [1.29, 1.82) is 0 Å². The van der Waals surface area contributed by atoms with E-state index in [0.717, 1.165) is 10.8 Å². The summed E-state index contributed by atoms with van der Waals surface area (Å²) in [5.74, 6) is 0.815. The fourth-order valence-electron chi connectivity index (χ4n) is 0.423. The molecule has 0 fully saturated rings. The van der Waals surface area contributed by atoms with Gasteiger partial charge < -0.3 is 5.73 Å². The third-order valence-corrected chi connectivity index (χ3v) is 1.57. The Morgan fingerprint density at radius 2 is 2.50 bits per heavy atom. The molecule has 0 atom stereocenters. The first-order chi connectivity index (χ1) is 3.83. The van der Waals surface area contributed by atoms with Crippen LogP contribution < -0.4 is 5.73 Å². The number of nitrogens with zero attached hydrogens (tertiary/aromatic N) is 2. The van der Waals surface area contributed by atoms with Crippen LogP contribution in [0.4, 0.5) is 0 Å². The summed E-state index contributed by atoms with van der Waals surface area (Å²) < 4.78 is 3.94. The largest absolute Gasteiger partial charge is 0.324 e. The molecule has 0 radical (unpaired) electrons. The van der Waals surface area contributed by atoms with E-state index in [9.17, 15) is 0 Å². The van der Waals surface area contributed by atoms with Gasteiger partial charge in [0.1, 0.15) is 10.8 Å². The summed E-state index contributed by atoms with van der Waals surface area (Å²) in [6, 6.07) is 0. The second-order valence-corrected chi connectivity index (χ2v) is 2.28. The predicted molar refractivity (Wildman–Crippen MR) is 32.5 cm³/mol. The van der Waals surface area contributed by atoms with Crippen LogP contribution in [0.15, 0.2) is 0 Å². The fraction of sp³-hybridized carbons (Fsp3) is 0.500. The van der Waals surface area contributed by atoms with Crippen molar-refractivity contribution in [3.05, 3.63) is 10.8 Å². The number of hydrogen-bond acceptors (Lipinski definition) is 4. The number of aryl methyl sites for hydroxylation is 1. The minimum absolute atomic E-state index is 0.505. The van der Waals surface area contributed by atoms with Gasteiger partial charge in [-0.2, -0.15) is 4.37 Å². The lowest BCUT2D eigenvalue weighted by Gasteiger charge is -1.77. The van der Waals surface area contributed by atoms with E-state index in [4.69, 9.17) is 5.73 Å². The highest BCUT2D eigenvalue weighted by molar-refractivity contribution is 7.05. The molecule has 0 spiro atoms. The van der Waals surface area contributed by atoms with Crippen molar-refractivity contribution in [2.24, 2.45) is 5.73 Å². The van der Waals surface area contributed by atoms with E-state index in [1.165, 1.54) is 11.5 Å². The van der Waals surface area contributed by atoms with Crippen LogP contribution in [-0.4, -0.2) is 9.36 Å². The minimum atomic E-state index is 0.505. The molecular formula is C4H7N3S. The van der Waals surface area contributed by atoms with Gasteiger partial charge in [0.25, 0.3) is 0 Å². The van der Waals surface area contributed by atoms with Crippen molar-refractivity contribution < 1.29 is 0 Å². The second kappa shape index (κ2) is 2.19. The van der Waals surface area contributed by atoms with Gasteiger partial charge in [-0.05, 0) is 18.5 Å². The van der Waals surface area contributed by atoms with Crippen LogP contribution in [0.5, 0.6) is 0 Å².